The van der Waals surface area contributed by atoms with E-state index in [4.69, 9.17) is 5.11 Å². The Morgan fingerprint density at radius 3 is 2.91 bits per heavy atom. The zero-order valence-corrected chi connectivity index (χ0v) is 11.5. The highest BCUT2D eigenvalue weighted by Gasteiger charge is 2.14. The fraction of sp³-hybridized carbons (Fsp3) is 0.143. The lowest BCUT2D eigenvalue weighted by molar-refractivity contribution is -0.383. The highest BCUT2D eigenvalue weighted by atomic mass is 16.6. The molecule has 0 amide bonds. The predicted molar refractivity (Wildman–Crippen MR) is 81.0 cm³/mol. The Morgan fingerprint density at radius 2 is 2.14 bits per heavy atom. The summed E-state index contributed by atoms with van der Waals surface area (Å²) in [5.74, 6) is 0. The lowest BCUT2D eigenvalue weighted by atomic mass is 10.1. The van der Waals surface area contributed by atoms with Crippen molar-refractivity contribution < 1.29 is 10.0 Å². The zero-order chi connectivity index (χ0) is 15.5. The maximum Gasteiger partial charge on any atom is 0.278 e. The molecule has 8 nitrogen and oxygen atoms in total. The van der Waals surface area contributed by atoms with Crippen LogP contribution in [0.25, 0.3) is 10.8 Å². The number of nitro groups is 1. The standard InChI is InChI=1S/C14H13N5O3/c20-6-5-18-9-10(7-16-18)17-13-1-2-14(19(21)22)12-8-15-4-3-11(12)13/h1-4,7-9,17,20H,5-6H2. The van der Waals surface area contributed by atoms with Gasteiger partial charge in [0.1, 0.15) is 0 Å². The lowest BCUT2D eigenvalue weighted by Gasteiger charge is -2.08. The molecule has 22 heavy (non-hydrogen) atoms. The van der Waals surface area contributed by atoms with Crippen LogP contribution in [0.3, 0.4) is 0 Å². The van der Waals surface area contributed by atoms with Crippen LogP contribution in [0.1, 0.15) is 0 Å². The van der Waals surface area contributed by atoms with Gasteiger partial charge in [-0.25, -0.2) is 0 Å². The number of hydrogen-bond acceptors (Lipinski definition) is 6. The van der Waals surface area contributed by atoms with E-state index in [-0.39, 0.29) is 12.3 Å². The first-order valence-electron chi connectivity index (χ1n) is 6.60. The molecule has 2 heterocycles. The first-order valence-corrected chi connectivity index (χ1v) is 6.60. The molecular formula is C14H13N5O3. The van der Waals surface area contributed by atoms with Gasteiger partial charge < -0.3 is 10.4 Å². The van der Waals surface area contributed by atoms with Crippen LogP contribution in [0, 0.1) is 10.1 Å². The van der Waals surface area contributed by atoms with Gasteiger partial charge in [-0.15, -0.1) is 0 Å². The number of aromatic nitrogens is 3. The number of non-ortho nitro benzene ring substituents is 1. The quantitative estimate of drug-likeness (QED) is 0.552. The number of aliphatic hydroxyl groups excluding tert-OH is 1. The summed E-state index contributed by atoms with van der Waals surface area (Å²) in [6.07, 6.45) is 6.45. The van der Waals surface area contributed by atoms with Crippen LogP contribution in [0.5, 0.6) is 0 Å². The van der Waals surface area contributed by atoms with Gasteiger partial charge in [-0.05, 0) is 12.1 Å². The van der Waals surface area contributed by atoms with Crippen LogP contribution in [0.2, 0.25) is 0 Å². The van der Waals surface area contributed by atoms with Crippen molar-refractivity contribution in [2.24, 2.45) is 0 Å². The molecule has 0 fully saturated rings. The van der Waals surface area contributed by atoms with Crippen molar-refractivity contribution >= 4 is 27.8 Å². The van der Waals surface area contributed by atoms with Gasteiger partial charge in [-0.3, -0.25) is 19.8 Å². The smallest absolute Gasteiger partial charge is 0.278 e. The number of rotatable bonds is 5. The lowest BCUT2D eigenvalue weighted by Crippen LogP contribution is -2.01. The molecule has 1 aromatic carbocycles. The maximum absolute atomic E-state index is 11.1. The number of nitrogens with zero attached hydrogens (tertiary/aromatic N) is 4. The Kier molecular flexibility index (Phi) is 3.67. The summed E-state index contributed by atoms with van der Waals surface area (Å²) in [7, 11) is 0. The molecule has 112 valence electrons. The SMILES string of the molecule is O=[N+]([O-])c1ccc(Nc2cnn(CCO)c2)c2ccncc12. The molecule has 0 aliphatic heterocycles. The van der Waals surface area contributed by atoms with E-state index in [1.54, 1.807) is 35.4 Å². The largest absolute Gasteiger partial charge is 0.394 e. The molecule has 0 bridgehead atoms. The van der Waals surface area contributed by atoms with Gasteiger partial charge in [0.25, 0.3) is 5.69 Å². The number of nitrogens with one attached hydrogen (secondary N) is 1. The Hall–Kier alpha value is -3.00. The van der Waals surface area contributed by atoms with E-state index in [9.17, 15) is 10.1 Å². The molecule has 8 heteroatoms. The van der Waals surface area contributed by atoms with Crippen LogP contribution in [-0.4, -0.2) is 31.4 Å². The summed E-state index contributed by atoms with van der Waals surface area (Å²) < 4.78 is 1.61. The monoisotopic (exact) mass is 299 g/mol. The first kappa shape index (κ1) is 14.0. The van der Waals surface area contributed by atoms with E-state index >= 15 is 0 Å². The number of hydrogen-bond donors (Lipinski definition) is 2. The number of aliphatic hydroxyl groups is 1. The third-order valence-electron chi connectivity index (χ3n) is 3.23. The summed E-state index contributed by atoms with van der Waals surface area (Å²) in [5, 5.41) is 28.4. The van der Waals surface area contributed by atoms with Crippen molar-refractivity contribution in [1.82, 2.24) is 14.8 Å². The number of anilines is 2. The Bertz CT molecular complexity index is 830. The van der Waals surface area contributed by atoms with E-state index < -0.39 is 4.92 Å². The molecule has 0 saturated carbocycles. The van der Waals surface area contributed by atoms with Crippen molar-refractivity contribution in [3.05, 3.63) is 53.1 Å². The summed E-state index contributed by atoms with van der Waals surface area (Å²) in [5.41, 5.74) is 1.48. The molecule has 0 aliphatic carbocycles. The van der Waals surface area contributed by atoms with Crippen molar-refractivity contribution in [1.29, 1.82) is 0 Å². The summed E-state index contributed by atoms with van der Waals surface area (Å²) in [6.45, 7) is 0.417. The van der Waals surface area contributed by atoms with Crippen LogP contribution in [-0.2, 0) is 6.54 Å². The van der Waals surface area contributed by atoms with Gasteiger partial charge in [0, 0.05) is 35.7 Å². The van der Waals surface area contributed by atoms with Crippen LogP contribution < -0.4 is 5.32 Å². The Balaban J connectivity index is 2.00. The average Bonchev–Trinajstić information content (AvgIpc) is 2.95. The molecular weight excluding hydrogens is 286 g/mol. The molecule has 0 saturated heterocycles. The van der Waals surface area contributed by atoms with Crippen LogP contribution >= 0.6 is 0 Å². The second kappa shape index (κ2) is 5.78. The molecule has 0 atom stereocenters. The van der Waals surface area contributed by atoms with Gasteiger partial charge in [0.2, 0.25) is 0 Å². The second-order valence-corrected chi connectivity index (χ2v) is 4.65. The molecule has 0 radical (unpaired) electrons. The Labute approximate surface area is 125 Å². The summed E-state index contributed by atoms with van der Waals surface area (Å²) in [4.78, 5) is 14.6. The molecule has 3 aromatic rings. The van der Waals surface area contributed by atoms with Crippen molar-refractivity contribution in [2.75, 3.05) is 11.9 Å². The van der Waals surface area contributed by atoms with Crippen molar-refractivity contribution in [2.45, 2.75) is 6.54 Å². The van der Waals surface area contributed by atoms with E-state index in [1.165, 1.54) is 12.3 Å². The topological polar surface area (TPSA) is 106 Å². The number of benzene rings is 1. The third-order valence-corrected chi connectivity index (χ3v) is 3.23. The second-order valence-electron chi connectivity index (χ2n) is 4.65. The minimum atomic E-state index is -0.424. The summed E-state index contributed by atoms with van der Waals surface area (Å²) >= 11 is 0. The summed E-state index contributed by atoms with van der Waals surface area (Å²) in [6, 6.07) is 4.83. The highest BCUT2D eigenvalue weighted by Crippen LogP contribution is 2.32. The minimum absolute atomic E-state index is 0.00719. The van der Waals surface area contributed by atoms with E-state index in [2.05, 4.69) is 15.4 Å². The van der Waals surface area contributed by atoms with E-state index in [1.807, 2.05) is 0 Å². The van der Waals surface area contributed by atoms with Gasteiger partial charge in [0.05, 0.1) is 35.3 Å². The number of nitro benzene ring substituents is 1. The van der Waals surface area contributed by atoms with Gasteiger partial charge in [-0.1, -0.05) is 0 Å². The van der Waals surface area contributed by atoms with Crippen molar-refractivity contribution in [3.63, 3.8) is 0 Å². The third kappa shape index (κ3) is 2.59. The van der Waals surface area contributed by atoms with E-state index in [0.717, 1.165) is 11.4 Å². The fourth-order valence-corrected chi connectivity index (χ4v) is 2.25. The first-order chi connectivity index (χ1) is 10.7. The van der Waals surface area contributed by atoms with Crippen LogP contribution in [0.15, 0.2) is 43.0 Å². The van der Waals surface area contributed by atoms with Crippen LogP contribution in [0.4, 0.5) is 17.1 Å². The zero-order valence-electron chi connectivity index (χ0n) is 11.5. The average molecular weight is 299 g/mol. The number of fused-ring (bicyclic) bond motifs is 1. The highest BCUT2D eigenvalue weighted by molar-refractivity contribution is 6.00. The van der Waals surface area contributed by atoms with Crippen molar-refractivity contribution in [3.8, 4) is 0 Å². The predicted octanol–water partition coefficient (Wildman–Crippen LogP) is 2.08. The molecule has 3 rings (SSSR count). The fourth-order valence-electron chi connectivity index (χ4n) is 2.25. The van der Waals surface area contributed by atoms with E-state index in [0.29, 0.717) is 17.3 Å². The molecule has 0 aliphatic rings. The molecule has 0 spiro atoms. The van der Waals surface area contributed by atoms with Gasteiger partial charge in [0.15, 0.2) is 0 Å². The Morgan fingerprint density at radius 1 is 1.27 bits per heavy atom. The number of pyridine rings is 1. The molecule has 2 N–H and O–H groups in total. The molecule has 0 unspecified atom stereocenters. The molecule has 2 aromatic heterocycles. The minimum Gasteiger partial charge on any atom is -0.394 e. The normalized spacial score (nSPS) is 10.8. The van der Waals surface area contributed by atoms with Gasteiger partial charge in [-0.2, -0.15) is 5.10 Å². The van der Waals surface area contributed by atoms with Gasteiger partial charge >= 0.3 is 0 Å². The maximum atomic E-state index is 11.1.